The highest BCUT2D eigenvalue weighted by Crippen LogP contribution is 2.28. The van der Waals surface area contributed by atoms with Gasteiger partial charge in [0.2, 0.25) is 0 Å². The third kappa shape index (κ3) is 3.86. The average molecular weight is 374 g/mol. The molecule has 4 nitrogen and oxygen atoms in total. The molecule has 1 amide bonds. The van der Waals surface area contributed by atoms with Crippen molar-refractivity contribution in [2.45, 2.75) is 45.1 Å². The number of pyridine rings is 1. The molecule has 1 fully saturated rings. The topological polar surface area (TPSA) is 51.2 Å². The van der Waals surface area contributed by atoms with Gasteiger partial charge in [0, 0.05) is 17.0 Å². The number of nitrogens with one attached hydrogen (secondary N) is 1. The second-order valence-corrected chi connectivity index (χ2v) is 7.62. The van der Waals surface area contributed by atoms with Crippen molar-refractivity contribution in [3.63, 3.8) is 0 Å². The molecule has 1 saturated carbocycles. The first-order valence-corrected chi connectivity index (χ1v) is 10.0. The standard InChI is InChI=1S/C24H26N2O2/c1-16-11-12-22-20(13-16)21(24(27)25-18-8-4-3-5-9-18)15-23(26-22)17-7-6-10-19(14-17)28-2/h6-7,10-15,18H,3-5,8-9H2,1-2H3,(H,25,27). The fraction of sp³-hybridized carbons (Fsp3) is 0.333. The van der Waals surface area contributed by atoms with Crippen LogP contribution < -0.4 is 10.1 Å². The zero-order valence-electron chi connectivity index (χ0n) is 16.5. The average Bonchev–Trinajstić information content (AvgIpc) is 2.73. The Morgan fingerprint density at radius 1 is 1.07 bits per heavy atom. The number of carbonyl (C=O) groups is 1. The third-order valence-electron chi connectivity index (χ3n) is 5.51. The molecule has 1 aliphatic rings. The van der Waals surface area contributed by atoms with Crippen LogP contribution in [0.3, 0.4) is 0 Å². The molecule has 4 heteroatoms. The SMILES string of the molecule is COc1cccc(-c2cc(C(=O)NC3CCCCC3)c3cc(C)ccc3n2)c1. The van der Waals surface area contributed by atoms with Crippen LogP contribution in [0.5, 0.6) is 5.75 Å². The number of hydrogen-bond donors (Lipinski definition) is 1. The Balaban J connectivity index is 1.78. The summed E-state index contributed by atoms with van der Waals surface area (Å²) in [7, 11) is 1.65. The summed E-state index contributed by atoms with van der Waals surface area (Å²) in [6, 6.07) is 16.1. The number of rotatable bonds is 4. The number of carbonyl (C=O) groups excluding carboxylic acids is 1. The third-order valence-corrected chi connectivity index (χ3v) is 5.51. The van der Waals surface area contributed by atoms with Gasteiger partial charge in [-0.2, -0.15) is 0 Å². The first-order chi connectivity index (χ1) is 13.6. The van der Waals surface area contributed by atoms with Crippen molar-refractivity contribution in [2.75, 3.05) is 7.11 Å². The summed E-state index contributed by atoms with van der Waals surface area (Å²) in [5.41, 5.74) is 4.37. The van der Waals surface area contributed by atoms with Gasteiger partial charge < -0.3 is 10.1 Å². The Hall–Kier alpha value is -2.88. The molecule has 0 bridgehead atoms. The largest absolute Gasteiger partial charge is 0.497 e. The van der Waals surface area contributed by atoms with E-state index in [1.807, 2.05) is 55.5 Å². The highest BCUT2D eigenvalue weighted by Gasteiger charge is 2.19. The molecule has 0 aliphatic heterocycles. The van der Waals surface area contributed by atoms with Gasteiger partial charge in [-0.1, -0.05) is 43.0 Å². The van der Waals surface area contributed by atoms with Crippen molar-refractivity contribution in [3.05, 3.63) is 59.7 Å². The van der Waals surface area contributed by atoms with Crippen molar-refractivity contribution in [2.24, 2.45) is 0 Å². The molecular weight excluding hydrogens is 348 g/mol. The van der Waals surface area contributed by atoms with E-state index in [9.17, 15) is 4.79 Å². The molecule has 0 saturated heterocycles. The second-order valence-electron chi connectivity index (χ2n) is 7.62. The summed E-state index contributed by atoms with van der Waals surface area (Å²) < 4.78 is 5.35. The van der Waals surface area contributed by atoms with E-state index in [0.717, 1.165) is 46.3 Å². The Bertz CT molecular complexity index is 1010. The molecule has 1 N–H and O–H groups in total. The minimum atomic E-state index is -0.00551. The maximum Gasteiger partial charge on any atom is 0.252 e. The first kappa shape index (κ1) is 18.5. The predicted octanol–water partition coefficient (Wildman–Crippen LogP) is 5.28. The first-order valence-electron chi connectivity index (χ1n) is 10.0. The molecule has 1 aliphatic carbocycles. The van der Waals surface area contributed by atoms with Crippen LogP contribution in [0.25, 0.3) is 22.2 Å². The maximum atomic E-state index is 13.2. The Labute approximate surface area is 165 Å². The molecule has 4 rings (SSSR count). The molecule has 0 atom stereocenters. The zero-order chi connectivity index (χ0) is 19.5. The monoisotopic (exact) mass is 374 g/mol. The number of nitrogens with zero attached hydrogens (tertiary/aromatic N) is 1. The van der Waals surface area contributed by atoms with Crippen molar-refractivity contribution in [1.82, 2.24) is 10.3 Å². The van der Waals surface area contributed by atoms with Crippen LogP contribution in [0, 0.1) is 6.92 Å². The number of aryl methyl sites for hydroxylation is 1. The van der Waals surface area contributed by atoms with Crippen LogP contribution in [-0.4, -0.2) is 24.0 Å². The van der Waals surface area contributed by atoms with Gasteiger partial charge in [0.25, 0.3) is 5.91 Å². The van der Waals surface area contributed by atoms with Gasteiger partial charge >= 0.3 is 0 Å². The summed E-state index contributed by atoms with van der Waals surface area (Å²) in [6.07, 6.45) is 5.78. The van der Waals surface area contributed by atoms with E-state index in [2.05, 4.69) is 5.32 Å². The number of amides is 1. The summed E-state index contributed by atoms with van der Waals surface area (Å²) in [6.45, 7) is 2.04. The lowest BCUT2D eigenvalue weighted by Crippen LogP contribution is -2.36. The van der Waals surface area contributed by atoms with Crippen LogP contribution in [0.15, 0.2) is 48.5 Å². The normalized spacial score (nSPS) is 14.8. The van der Waals surface area contributed by atoms with Crippen molar-refractivity contribution < 1.29 is 9.53 Å². The Morgan fingerprint density at radius 3 is 2.68 bits per heavy atom. The lowest BCUT2D eigenvalue weighted by molar-refractivity contribution is 0.0929. The minimum absolute atomic E-state index is 0.00551. The van der Waals surface area contributed by atoms with E-state index in [-0.39, 0.29) is 11.9 Å². The molecule has 0 spiro atoms. The van der Waals surface area contributed by atoms with Crippen LogP contribution in [-0.2, 0) is 0 Å². The smallest absolute Gasteiger partial charge is 0.252 e. The molecule has 3 aromatic rings. The van der Waals surface area contributed by atoms with Crippen LogP contribution in [0.4, 0.5) is 0 Å². The maximum absolute atomic E-state index is 13.2. The van der Waals surface area contributed by atoms with Gasteiger partial charge in [-0.25, -0.2) is 4.98 Å². The lowest BCUT2D eigenvalue weighted by atomic mass is 9.95. The molecule has 1 aromatic heterocycles. The van der Waals surface area contributed by atoms with Gasteiger partial charge in [0.15, 0.2) is 0 Å². The number of methoxy groups -OCH3 is 1. The van der Waals surface area contributed by atoms with E-state index in [1.165, 1.54) is 19.3 Å². The molecule has 144 valence electrons. The van der Waals surface area contributed by atoms with Crippen LogP contribution in [0.1, 0.15) is 48.0 Å². The summed E-state index contributed by atoms with van der Waals surface area (Å²) in [5, 5.41) is 4.16. The number of ether oxygens (including phenoxy) is 1. The van der Waals surface area contributed by atoms with Crippen molar-refractivity contribution in [1.29, 1.82) is 0 Å². The van der Waals surface area contributed by atoms with E-state index in [0.29, 0.717) is 5.56 Å². The zero-order valence-corrected chi connectivity index (χ0v) is 16.5. The number of hydrogen-bond acceptors (Lipinski definition) is 3. The van der Waals surface area contributed by atoms with Crippen LogP contribution in [0.2, 0.25) is 0 Å². The molecule has 2 aromatic carbocycles. The molecular formula is C24H26N2O2. The quantitative estimate of drug-likeness (QED) is 0.676. The number of aromatic nitrogens is 1. The molecule has 28 heavy (non-hydrogen) atoms. The van der Waals surface area contributed by atoms with Gasteiger partial charge in [0.05, 0.1) is 23.9 Å². The number of fused-ring (bicyclic) bond motifs is 1. The van der Waals surface area contributed by atoms with E-state index in [1.54, 1.807) is 7.11 Å². The van der Waals surface area contributed by atoms with Crippen molar-refractivity contribution in [3.8, 4) is 17.0 Å². The van der Waals surface area contributed by atoms with E-state index in [4.69, 9.17) is 9.72 Å². The second kappa shape index (κ2) is 8.01. The van der Waals surface area contributed by atoms with Gasteiger partial charge in [-0.05, 0) is 50.1 Å². The summed E-state index contributed by atoms with van der Waals surface area (Å²) >= 11 is 0. The van der Waals surface area contributed by atoms with E-state index < -0.39 is 0 Å². The summed E-state index contributed by atoms with van der Waals surface area (Å²) in [4.78, 5) is 18.0. The lowest BCUT2D eigenvalue weighted by Gasteiger charge is -2.23. The van der Waals surface area contributed by atoms with Crippen molar-refractivity contribution >= 4 is 16.8 Å². The predicted molar refractivity (Wildman–Crippen MR) is 113 cm³/mol. The Morgan fingerprint density at radius 2 is 1.89 bits per heavy atom. The minimum Gasteiger partial charge on any atom is -0.497 e. The fourth-order valence-corrected chi connectivity index (χ4v) is 3.97. The van der Waals surface area contributed by atoms with Gasteiger partial charge in [-0.3, -0.25) is 4.79 Å². The number of benzene rings is 2. The Kier molecular flexibility index (Phi) is 5.29. The highest BCUT2D eigenvalue weighted by molar-refractivity contribution is 6.07. The molecule has 1 heterocycles. The molecule has 0 unspecified atom stereocenters. The van der Waals surface area contributed by atoms with Gasteiger partial charge in [-0.15, -0.1) is 0 Å². The fourth-order valence-electron chi connectivity index (χ4n) is 3.97. The summed E-state index contributed by atoms with van der Waals surface area (Å²) in [5.74, 6) is 0.769. The van der Waals surface area contributed by atoms with E-state index >= 15 is 0 Å². The van der Waals surface area contributed by atoms with Crippen LogP contribution >= 0.6 is 0 Å². The molecule has 0 radical (unpaired) electrons. The highest BCUT2D eigenvalue weighted by atomic mass is 16.5. The van der Waals surface area contributed by atoms with Gasteiger partial charge in [0.1, 0.15) is 5.75 Å².